The molecule has 0 bridgehead atoms. The first-order valence-electron chi connectivity index (χ1n) is 8.45. The lowest BCUT2D eigenvalue weighted by Crippen LogP contribution is -2.05. The third-order valence-electron chi connectivity index (χ3n) is 3.25. The molecule has 0 spiro atoms. The van der Waals surface area contributed by atoms with Crippen LogP contribution in [-0.4, -0.2) is 34.9 Å². The van der Waals surface area contributed by atoms with E-state index in [4.69, 9.17) is 9.84 Å². The average molecular weight is 326 g/mol. The standard InChI is InChI=1S/C18H30O5/c1-2-3-6-11-16(19)12-7-4-5-10-15-23-18(22)14-9-8-13-17(20)21/h4-5,7,12,16,19H,2-3,6,8-11,13-15H2,1H3,(H,20,21)/b5-4-,12-7+/t16-/m0/s1. The quantitative estimate of drug-likeness (QED) is 0.289. The molecule has 0 amide bonds. The molecule has 0 radical (unpaired) electrons. The van der Waals surface area contributed by atoms with Crippen LogP contribution in [0.25, 0.3) is 0 Å². The fourth-order valence-corrected chi connectivity index (χ4v) is 1.93. The van der Waals surface area contributed by atoms with E-state index in [2.05, 4.69) is 6.92 Å². The van der Waals surface area contributed by atoms with Crippen molar-refractivity contribution in [2.75, 3.05) is 6.61 Å². The van der Waals surface area contributed by atoms with Crippen molar-refractivity contribution in [2.24, 2.45) is 0 Å². The van der Waals surface area contributed by atoms with Crippen molar-refractivity contribution in [1.29, 1.82) is 0 Å². The zero-order valence-electron chi connectivity index (χ0n) is 14.1. The third-order valence-corrected chi connectivity index (χ3v) is 3.25. The molecule has 0 heterocycles. The Labute approximate surface area is 139 Å². The number of hydrogen-bond donors (Lipinski definition) is 2. The number of allylic oxidation sites excluding steroid dienone is 2. The number of carboxylic acids is 1. The van der Waals surface area contributed by atoms with Crippen LogP contribution < -0.4 is 0 Å². The van der Waals surface area contributed by atoms with Crippen LogP contribution in [0.4, 0.5) is 0 Å². The number of esters is 1. The molecule has 1 atom stereocenters. The average Bonchev–Trinajstić information content (AvgIpc) is 2.50. The van der Waals surface area contributed by atoms with E-state index < -0.39 is 12.1 Å². The van der Waals surface area contributed by atoms with Gasteiger partial charge < -0.3 is 14.9 Å². The highest BCUT2D eigenvalue weighted by molar-refractivity contribution is 5.69. The van der Waals surface area contributed by atoms with E-state index >= 15 is 0 Å². The van der Waals surface area contributed by atoms with Crippen LogP contribution in [-0.2, 0) is 14.3 Å². The Morgan fingerprint density at radius 3 is 2.52 bits per heavy atom. The minimum atomic E-state index is -0.841. The molecule has 0 saturated carbocycles. The molecule has 0 aromatic rings. The maximum absolute atomic E-state index is 11.4. The molecule has 0 aromatic carbocycles. The van der Waals surface area contributed by atoms with Crippen molar-refractivity contribution in [3.05, 3.63) is 24.3 Å². The topological polar surface area (TPSA) is 83.8 Å². The van der Waals surface area contributed by atoms with Crippen LogP contribution in [0.1, 0.15) is 64.7 Å². The van der Waals surface area contributed by atoms with Gasteiger partial charge in [-0.3, -0.25) is 9.59 Å². The van der Waals surface area contributed by atoms with Crippen molar-refractivity contribution in [1.82, 2.24) is 0 Å². The summed E-state index contributed by atoms with van der Waals surface area (Å²) in [5.41, 5.74) is 0. The molecule has 2 N–H and O–H groups in total. The summed E-state index contributed by atoms with van der Waals surface area (Å²) >= 11 is 0. The van der Waals surface area contributed by atoms with Gasteiger partial charge in [0.1, 0.15) is 0 Å². The highest BCUT2D eigenvalue weighted by Gasteiger charge is 2.03. The Hall–Kier alpha value is -1.62. The van der Waals surface area contributed by atoms with E-state index in [0.29, 0.717) is 25.9 Å². The Morgan fingerprint density at radius 1 is 1.09 bits per heavy atom. The molecule has 5 heteroatoms. The largest absolute Gasteiger partial charge is 0.481 e. The molecule has 0 aliphatic carbocycles. The third kappa shape index (κ3) is 16.6. The number of aliphatic carboxylic acids is 1. The maximum Gasteiger partial charge on any atom is 0.305 e. The van der Waals surface area contributed by atoms with E-state index in [1.807, 2.05) is 18.2 Å². The SMILES string of the molecule is CCCCC[C@H](O)/C=C/C=C\CCOC(=O)CCCCC(=O)O. The van der Waals surface area contributed by atoms with Gasteiger partial charge >= 0.3 is 11.9 Å². The number of carboxylic acid groups (broad SMARTS) is 1. The van der Waals surface area contributed by atoms with Gasteiger partial charge in [-0.1, -0.05) is 50.5 Å². The van der Waals surface area contributed by atoms with Crippen molar-refractivity contribution < 1.29 is 24.5 Å². The fraction of sp³-hybridized carbons (Fsp3) is 0.667. The van der Waals surface area contributed by atoms with Crippen LogP contribution in [0.5, 0.6) is 0 Å². The summed E-state index contributed by atoms with van der Waals surface area (Å²) in [5.74, 6) is -1.13. The molecular formula is C18H30O5. The van der Waals surface area contributed by atoms with Gasteiger partial charge in [-0.15, -0.1) is 0 Å². The molecule has 0 rings (SSSR count). The van der Waals surface area contributed by atoms with Gasteiger partial charge in [-0.2, -0.15) is 0 Å². The Balaban J connectivity index is 3.55. The first-order chi connectivity index (χ1) is 11.1. The first kappa shape index (κ1) is 21.4. The van der Waals surface area contributed by atoms with Crippen LogP contribution in [0, 0.1) is 0 Å². The number of carbonyl (C=O) groups excluding carboxylic acids is 1. The number of carbonyl (C=O) groups is 2. The highest BCUT2D eigenvalue weighted by atomic mass is 16.5. The number of hydrogen-bond acceptors (Lipinski definition) is 4. The zero-order chi connectivity index (χ0) is 17.3. The summed E-state index contributed by atoms with van der Waals surface area (Å²) in [4.78, 5) is 21.7. The van der Waals surface area contributed by atoms with Gasteiger partial charge in [0.25, 0.3) is 0 Å². The smallest absolute Gasteiger partial charge is 0.305 e. The molecule has 0 aromatic heterocycles. The van der Waals surface area contributed by atoms with E-state index in [0.717, 1.165) is 25.7 Å². The summed E-state index contributed by atoms with van der Waals surface area (Å²) in [7, 11) is 0. The number of aliphatic hydroxyl groups excluding tert-OH is 1. The van der Waals surface area contributed by atoms with Crippen molar-refractivity contribution >= 4 is 11.9 Å². The van der Waals surface area contributed by atoms with Gasteiger partial charge in [0, 0.05) is 12.8 Å². The van der Waals surface area contributed by atoms with Gasteiger partial charge in [-0.05, 0) is 25.7 Å². The van der Waals surface area contributed by atoms with E-state index in [1.165, 1.54) is 0 Å². The van der Waals surface area contributed by atoms with Crippen molar-refractivity contribution in [2.45, 2.75) is 70.8 Å². The van der Waals surface area contributed by atoms with Gasteiger partial charge in [0.05, 0.1) is 12.7 Å². The Kier molecular flexibility index (Phi) is 14.2. The summed E-state index contributed by atoms with van der Waals surface area (Å²) in [6.07, 6.45) is 13.0. The molecule has 0 fully saturated rings. The lowest BCUT2D eigenvalue weighted by atomic mass is 10.1. The molecule has 0 aliphatic heterocycles. The molecule has 0 saturated heterocycles. The highest BCUT2D eigenvalue weighted by Crippen LogP contribution is 2.04. The molecule has 0 aliphatic rings. The summed E-state index contributed by atoms with van der Waals surface area (Å²) < 4.78 is 5.03. The van der Waals surface area contributed by atoms with Crippen LogP contribution in [0.15, 0.2) is 24.3 Å². The number of ether oxygens (including phenoxy) is 1. The summed E-state index contributed by atoms with van der Waals surface area (Å²) in [5, 5.41) is 18.1. The zero-order valence-corrected chi connectivity index (χ0v) is 14.1. The van der Waals surface area contributed by atoms with Crippen LogP contribution in [0.3, 0.4) is 0 Å². The second-order valence-electron chi connectivity index (χ2n) is 5.49. The normalized spacial score (nSPS) is 12.8. The van der Waals surface area contributed by atoms with Gasteiger partial charge in [0.15, 0.2) is 0 Å². The second-order valence-corrected chi connectivity index (χ2v) is 5.49. The minimum absolute atomic E-state index is 0.0899. The van der Waals surface area contributed by atoms with E-state index in [9.17, 15) is 14.7 Å². The lowest BCUT2D eigenvalue weighted by Gasteiger charge is -2.03. The predicted octanol–water partition coefficient (Wildman–Crippen LogP) is 3.62. The molecule has 0 unspecified atom stereocenters. The van der Waals surface area contributed by atoms with Gasteiger partial charge in [0.2, 0.25) is 0 Å². The Bertz CT molecular complexity index is 374. The fourth-order valence-electron chi connectivity index (χ4n) is 1.93. The molecule has 5 nitrogen and oxygen atoms in total. The molecule has 23 heavy (non-hydrogen) atoms. The maximum atomic E-state index is 11.4. The van der Waals surface area contributed by atoms with Crippen molar-refractivity contribution in [3.8, 4) is 0 Å². The number of rotatable bonds is 14. The Morgan fingerprint density at radius 2 is 1.83 bits per heavy atom. The van der Waals surface area contributed by atoms with Crippen molar-refractivity contribution in [3.63, 3.8) is 0 Å². The minimum Gasteiger partial charge on any atom is -0.481 e. The monoisotopic (exact) mass is 326 g/mol. The molecule has 132 valence electrons. The van der Waals surface area contributed by atoms with Crippen LogP contribution >= 0.6 is 0 Å². The summed E-state index contributed by atoms with van der Waals surface area (Å²) in [6, 6.07) is 0. The van der Waals surface area contributed by atoms with E-state index in [-0.39, 0.29) is 18.8 Å². The number of unbranched alkanes of at least 4 members (excludes halogenated alkanes) is 3. The van der Waals surface area contributed by atoms with E-state index in [1.54, 1.807) is 6.08 Å². The lowest BCUT2D eigenvalue weighted by molar-refractivity contribution is -0.144. The predicted molar refractivity (Wildman–Crippen MR) is 90.1 cm³/mol. The second kappa shape index (κ2) is 15.3. The number of aliphatic hydroxyl groups is 1. The first-order valence-corrected chi connectivity index (χ1v) is 8.45. The van der Waals surface area contributed by atoms with Gasteiger partial charge in [-0.25, -0.2) is 0 Å². The molecular weight excluding hydrogens is 296 g/mol. The summed E-state index contributed by atoms with van der Waals surface area (Å²) in [6.45, 7) is 2.45. The van der Waals surface area contributed by atoms with Crippen LogP contribution in [0.2, 0.25) is 0 Å².